The van der Waals surface area contributed by atoms with Crippen LogP contribution in [0.5, 0.6) is 5.75 Å². The fourth-order valence-electron chi connectivity index (χ4n) is 2.07. The van der Waals surface area contributed by atoms with Gasteiger partial charge in [-0.05, 0) is 74.2 Å². The summed E-state index contributed by atoms with van der Waals surface area (Å²) in [6.45, 7) is 2.88. The van der Waals surface area contributed by atoms with E-state index < -0.39 is 0 Å². The van der Waals surface area contributed by atoms with Crippen LogP contribution in [0.25, 0.3) is 0 Å². The molecule has 1 atom stereocenters. The Morgan fingerprint density at radius 2 is 1.86 bits per heavy atom. The van der Waals surface area contributed by atoms with Gasteiger partial charge >= 0.3 is 0 Å². The molecule has 1 N–H and O–H groups in total. The molecule has 0 aliphatic heterocycles. The minimum atomic E-state index is 0.225. The normalized spacial score (nSPS) is 12.2. The Hall–Kier alpha value is -0.550. The molecule has 2 aromatic carbocycles. The number of halogens is 3. The zero-order chi connectivity index (χ0) is 15.4. The summed E-state index contributed by atoms with van der Waals surface area (Å²) in [4.78, 5) is 0. The van der Waals surface area contributed by atoms with E-state index in [2.05, 4.69) is 62.3 Å². The first-order valence-electron chi connectivity index (χ1n) is 6.52. The predicted octanol–water partition coefficient (Wildman–Crippen LogP) is 5.72. The lowest BCUT2D eigenvalue weighted by Crippen LogP contribution is -2.18. The van der Waals surface area contributed by atoms with E-state index in [1.807, 2.05) is 18.2 Å². The minimum Gasteiger partial charge on any atom is -0.494 e. The van der Waals surface area contributed by atoms with Crippen LogP contribution in [0, 0.1) is 0 Å². The second kappa shape index (κ2) is 7.63. The average Bonchev–Trinajstić information content (AvgIpc) is 2.44. The molecule has 0 saturated carbocycles. The van der Waals surface area contributed by atoms with Crippen LogP contribution in [0.15, 0.2) is 45.3 Å². The molecule has 0 heterocycles. The standard InChI is InChI=1S/C16H16Br2ClNO/c1-10(12-4-3-5-13(19)8-12)20-9-11-6-14(17)16(21-2)15(18)7-11/h3-8,10,20H,9H2,1-2H3/t10-/m1/s1. The van der Waals surface area contributed by atoms with Gasteiger partial charge < -0.3 is 10.1 Å². The molecule has 0 unspecified atom stereocenters. The van der Waals surface area contributed by atoms with Crippen molar-refractivity contribution in [2.75, 3.05) is 7.11 Å². The first-order valence-corrected chi connectivity index (χ1v) is 8.48. The molecule has 2 nitrogen and oxygen atoms in total. The second-order valence-corrected chi connectivity index (χ2v) is 6.90. The van der Waals surface area contributed by atoms with Gasteiger partial charge in [-0.3, -0.25) is 0 Å². The van der Waals surface area contributed by atoms with E-state index >= 15 is 0 Å². The van der Waals surface area contributed by atoms with Gasteiger partial charge in [0.25, 0.3) is 0 Å². The number of nitrogens with one attached hydrogen (secondary N) is 1. The largest absolute Gasteiger partial charge is 0.494 e. The number of benzene rings is 2. The Morgan fingerprint density at radius 1 is 1.19 bits per heavy atom. The topological polar surface area (TPSA) is 21.3 Å². The van der Waals surface area contributed by atoms with E-state index in [0.717, 1.165) is 26.3 Å². The van der Waals surface area contributed by atoms with E-state index in [1.165, 1.54) is 11.1 Å². The third-order valence-electron chi connectivity index (χ3n) is 3.22. The van der Waals surface area contributed by atoms with Crippen molar-refractivity contribution in [2.24, 2.45) is 0 Å². The molecule has 0 spiro atoms. The lowest BCUT2D eigenvalue weighted by Gasteiger charge is -2.16. The maximum atomic E-state index is 6.03. The van der Waals surface area contributed by atoms with Crippen molar-refractivity contribution in [2.45, 2.75) is 19.5 Å². The summed E-state index contributed by atoms with van der Waals surface area (Å²) in [6, 6.07) is 12.3. The molecule has 0 aliphatic rings. The molecule has 0 radical (unpaired) electrons. The van der Waals surface area contributed by atoms with Gasteiger partial charge in [-0.15, -0.1) is 0 Å². The van der Waals surface area contributed by atoms with Crippen LogP contribution in [0.4, 0.5) is 0 Å². The summed E-state index contributed by atoms with van der Waals surface area (Å²) in [5, 5.41) is 4.25. The van der Waals surface area contributed by atoms with Crippen molar-refractivity contribution in [1.82, 2.24) is 5.32 Å². The summed E-state index contributed by atoms with van der Waals surface area (Å²) in [7, 11) is 1.66. The first-order chi connectivity index (χ1) is 10.0. The maximum absolute atomic E-state index is 6.03. The van der Waals surface area contributed by atoms with E-state index in [9.17, 15) is 0 Å². The fraction of sp³-hybridized carbons (Fsp3) is 0.250. The van der Waals surface area contributed by atoms with Crippen molar-refractivity contribution >= 4 is 43.5 Å². The monoisotopic (exact) mass is 431 g/mol. The number of hydrogen-bond donors (Lipinski definition) is 1. The predicted molar refractivity (Wildman–Crippen MR) is 95.1 cm³/mol. The fourth-order valence-corrected chi connectivity index (χ4v) is 3.88. The van der Waals surface area contributed by atoms with Crippen LogP contribution in [0.3, 0.4) is 0 Å². The summed E-state index contributed by atoms with van der Waals surface area (Å²) >= 11 is 13.1. The number of hydrogen-bond acceptors (Lipinski definition) is 2. The Balaban J connectivity index is 2.06. The third kappa shape index (κ3) is 4.46. The smallest absolute Gasteiger partial charge is 0.147 e. The molecular weight excluding hydrogens is 417 g/mol. The zero-order valence-corrected chi connectivity index (χ0v) is 15.7. The van der Waals surface area contributed by atoms with Crippen molar-refractivity contribution in [3.63, 3.8) is 0 Å². The number of rotatable bonds is 5. The van der Waals surface area contributed by atoms with Crippen LogP contribution in [0.2, 0.25) is 5.02 Å². The first kappa shape index (κ1) is 16.8. The zero-order valence-electron chi connectivity index (χ0n) is 11.8. The summed E-state index contributed by atoms with van der Waals surface area (Å²) in [6.07, 6.45) is 0. The van der Waals surface area contributed by atoms with Crippen LogP contribution in [-0.2, 0) is 6.54 Å². The molecule has 5 heteroatoms. The SMILES string of the molecule is COc1c(Br)cc(CN[C@H](C)c2cccc(Cl)c2)cc1Br. The molecular formula is C16H16Br2ClNO. The molecule has 112 valence electrons. The number of ether oxygens (including phenoxy) is 1. The molecule has 2 rings (SSSR count). The van der Waals surface area contributed by atoms with Gasteiger partial charge in [-0.25, -0.2) is 0 Å². The molecule has 0 aromatic heterocycles. The van der Waals surface area contributed by atoms with Gasteiger partial charge in [0.1, 0.15) is 5.75 Å². The molecule has 0 saturated heterocycles. The Bertz CT molecular complexity index is 610. The van der Waals surface area contributed by atoms with Crippen molar-refractivity contribution in [1.29, 1.82) is 0 Å². The van der Waals surface area contributed by atoms with Gasteiger partial charge in [-0.1, -0.05) is 23.7 Å². The Labute approximate surface area is 147 Å². The molecule has 2 aromatic rings. The van der Waals surface area contributed by atoms with E-state index in [0.29, 0.717) is 0 Å². The molecule has 21 heavy (non-hydrogen) atoms. The lowest BCUT2D eigenvalue weighted by molar-refractivity contribution is 0.409. The van der Waals surface area contributed by atoms with Crippen molar-refractivity contribution in [3.8, 4) is 5.75 Å². The van der Waals surface area contributed by atoms with Gasteiger partial charge in [0, 0.05) is 17.6 Å². The van der Waals surface area contributed by atoms with Gasteiger partial charge in [0.15, 0.2) is 0 Å². The molecule has 0 fully saturated rings. The van der Waals surface area contributed by atoms with E-state index in [1.54, 1.807) is 7.11 Å². The van der Waals surface area contributed by atoms with Crippen molar-refractivity contribution < 1.29 is 4.74 Å². The van der Waals surface area contributed by atoms with Crippen LogP contribution >= 0.6 is 43.5 Å². The summed E-state index contributed by atoms with van der Waals surface area (Å²) < 4.78 is 7.18. The van der Waals surface area contributed by atoms with E-state index in [4.69, 9.17) is 16.3 Å². The van der Waals surface area contributed by atoms with Gasteiger partial charge in [0.2, 0.25) is 0 Å². The molecule has 0 aliphatic carbocycles. The second-order valence-electron chi connectivity index (χ2n) is 4.75. The highest BCUT2D eigenvalue weighted by atomic mass is 79.9. The van der Waals surface area contributed by atoms with Crippen LogP contribution < -0.4 is 10.1 Å². The van der Waals surface area contributed by atoms with E-state index in [-0.39, 0.29) is 6.04 Å². The molecule has 0 amide bonds. The highest BCUT2D eigenvalue weighted by Gasteiger charge is 2.09. The van der Waals surface area contributed by atoms with Crippen molar-refractivity contribution in [3.05, 3.63) is 61.5 Å². The van der Waals surface area contributed by atoms with Crippen LogP contribution in [-0.4, -0.2) is 7.11 Å². The van der Waals surface area contributed by atoms with Gasteiger partial charge in [0.05, 0.1) is 16.1 Å². The average molecular weight is 434 g/mol. The third-order valence-corrected chi connectivity index (χ3v) is 4.64. The highest BCUT2D eigenvalue weighted by Crippen LogP contribution is 2.34. The highest BCUT2D eigenvalue weighted by molar-refractivity contribution is 9.11. The van der Waals surface area contributed by atoms with Crippen LogP contribution in [0.1, 0.15) is 24.1 Å². The quantitative estimate of drug-likeness (QED) is 0.651. The maximum Gasteiger partial charge on any atom is 0.147 e. The minimum absolute atomic E-state index is 0.225. The molecule has 0 bridgehead atoms. The summed E-state index contributed by atoms with van der Waals surface area (Å²) in [5.74, 6) is 0.807. The number of methoxy groups -OCH3 is 1. The van der Waals surface area contributed by atoms with Gasteiger partial charge in [-0.2, -0.15) is 0 Å². The lowest BCUT2D eigenvalue weighted by atomic mass is 10.1. The Kier molecular flexibility index (Phi) is 6.11. The Morgan fingerprint density at radius 3 is 2.43 bits per heavy atom. The summed E-state index contributed by atoms with van der Waals surface area (Å²) in [5.41, 5.74) is 2.34.